The number of ether oxygens (including phenoxy) is 2. The van der Waals surface area contributed by atoms with E-state index in [1.54, 1.807) is 6.07 Å². The lowest BCUT2D eigenvalue weighted by Gasteiger charge is -2.37. The molecule has 1 aliphatic heterocycles. The predicted octanol–water partition coefficient (Wildman–Crippen LogP) is 5.54. The van der Waals surface area contributed by atoms with Crippen molar-refractivity contribution in [2.24, 2.45) is 0 Å². The normalized spacial score (nSPS) is 13.9. The second-order valence-corrected chi connectivity index (χ2v) is 8.03. The second-order valence-electron chi connectivity index (χ2n) is 8.03. The summed E-state index contributed by atoms with van der Waals surface area (Å²) in [5.74, 6) is -0.750. The van der Waals surface area contributed by atoms with Gasteiger partial charge in [0.2, 0.25) is 0 Å². The fourth-order valence-electron chi connectivity index (χ4n) is 4.71. The molecule has 0 unspecified atom stereocenters. The molecule has 0 bridgehead atoms. The fourth-order valence-corrected chi connectivity index (χ4v) is 4.71. The third kappa shape index (κ3) is 3.50. The summed E-state index contributed by atoms with van der Waals surface area (Å²) >= 11 is 0. The summed E-state index contributed by atoms with van der Waals surface area (Å²) < 4.78 is 10.2. The summed E-state index contributed by atoms with van der Waals surface area (Å²) in [7, 11) is 1.28. The molecule has 4 aromatic carbocycles. The van der Waals surface area contributed by atoms with Crippen molar-refractivity contribution in [2.45, 2.75) is 5.41 Å². The lowest BCUT2D eigenvalue weighted by Crippen LogP contribution is -2.31. The van der Waals surface area contributed by atoms with E-state index in [1.165, 1.54) is 13.2 Å². The molecular formula is C30H22O4. The molecule has 1 aliphatic rings. The maximum atomic E-state index is 12.6. The Morgan fingerprint density at radius 3 is 1.71 bits per heavy atom. The first-order chi connectivity index (χ1) is 16.6. The van der Waals surface area contributed by atoms with Crippen LogP contribution < -0.4 is 4.74 Å². The van der Waals surface area contributed by atoms with Gasteiger partial charge in [-0.15, -0.1) is 0 Å². The van der Waals surface area contributed by atoms with Gasteiger partial charge in [0.1, 0.15) is 5.75 Å². The Morgan fingerprint density at radius 1 is 0.735 bits per heavy atom. The first-order valence-corrected chi connectivity index (χ1v) is 11.0. The molecule has 0 amide bonds. The van der Waals surface area contributed by atoms with Crippen LogP contribution in [-0.2, 0) is 19.7 Å². The van der Waals surface area contributed by atoms with Gasteiger partial charge in [-0.1, -0.05) is 97.1 Å². The number of benzene rings is 4. The van der Waals surface area contributed by atoms with Crippen molar-refractivity contribution >= 4 is 17.5 Å². The molecule has 0 N–H and O–H groups in total. The van der Waals surface area contributed by atoms with Crippen LogP contribution in [0.4, 0.5) is 0 Å². The highest BCUT2D eigenvalue weighted by atomic mass is 16.5. The molecule has 1 heterocycles. The van der Waals surface area contributed by atoms with E-state index in [9.17, 15) is 9.59 Å². The van der Waals surface area contributed by atoms with Gasteiger partial charge in [0.25, 0.3) is 0 Å². The number of fused-ring (bicyclic) bond motifs is 1. The van der Waals surface area contributed by atoms with Gasteiger partial charge in [0.15, 0.2) is 0 Å². The van der Waals surface area contributed by atoms with Gasteiger partial charge < -0.3 is 9.47 Å². The maximum absolute atomic E-state index is 12.6. The number of hydrogen-bond donors (Lipinski definition) is 0. The van der Waals surface area contributed by atoms with E-state index in [-0.39, 0.29) is 5.57 Å². The first-order valence-electron chi connectivity index (χ1n) is 11.0. The van der Waals surface area contributed by atoms with Crippen LogP contribution in [0.3, 0.4) is 0 Å². The van der Waals surface area contributed by atoms with Crippen molar-refractivity contribution in [3.63, 3.8) is 0 Å². The van der Waals surface area contributed by atoms with Crippen LogP contribution in [0.5, 0.6) is 5.75 Å². The van der Waals surface area contributed by atoms with E-state index >= 15 is 0 Å². The van der Waals surface area contributed by atoms with Crippen molar-refractivity contribution < 1.29 is 19.1 Å². The summed E-state index contributed by atoms with van der Waals surface area (Å²) in [5, 5.41) is 0. The van der Waals surface area contributed by atoms with Crippen molar-refractivity contribution in [3.8, 4) is 5.75 Å². The number of esters is 2. The third-order valence-electron chi connectivity index (χ3n) is 6.21. The Balaban J connectivity index is 1.84. The van der Waals surface area contributed by atoms with E-state index in [0.29, 0.717) is 11.3 Å². The molecule has 0 fully saturated rings. The molecule has 0 atom stereocenters. The molecule has 0 spiro atoms. The Bertz CT molecular complexity index is 1280. The van der Waals surface area contributed by atoms with Gasteiger partial charge in [0, 0.05) is 11.6 Å². The van der Waals surface area contributed by atoms with Crippen LogP contribution in [0.15, 0.2) is 115 Å². The minimum Gasteiger partial charge on any atom is -0.466 e. The topological polar surface area (TPSA) is 52.6 Å². The van der Waals surface area contributed by atoms with Crippen LogP contribution in [0.25, 0.3) is 5.57 Å². The minimum atomic E-state index is -0.666. The quantitative estimate of drug-likeness (QED) is 0.175. The lowest BCUT2D eigenvalue weighted by atomic mass is 9.65. The number of rotatable bonds is 5. The highest BCUT2D eigenvalue weighted by molar-refractivity contribution is 6.24. The van der Waals surface area contributed by atoms with E-state index in [0.717, 1.165) is 22.3 Å². The molecular weight excluding hydrogens is 424 g/mol. The lowest BCUT2D eigenvalue weighted by molar-refractivity contribution is -0.135. The fraction of sp³-hybridized carbons (Fsp3) is 0.0667. The van der Waals surface area contributed by atoms with Crippen molar-refractivity contribution in [2.75, 3.05) is 7.11 Å². The molecule has 0 aliphatic carbocycles. The van der Waals surface area contributed by atoms with Crippen molar-refractivity contribution in [3.05, 3.63) is 143 Å². The second kappa shape index (κ2) is 8.83. The van der Waals surface area contributed by atoms with Crippen molar-refractivity contribution in [1.29, 1.82) is 0 Å². The Hall–Kier alpha value is -4.44. The zero-order valence-corrected chi connectivity index (χ0v) is 18.6. The third-order valence-corrected chi connectivity index (χ3v) is 6.21. The molecule has 0 aromatic heterocycles. The molecule has 4 aromatic rings. The number of carbonyl (C=O) groups excluding carboxylic acids is 2. The van der Waals surface area contributed by atoms with E-state index in [4.69, 9.17) is 9.47 Å². The molecule has 166 valence electrons. The number of methoxy groups -OCH3 is 1. The van der Waals surface area contributed by atoms with Gasteiger partial charge in [-0.2, -0.15) is 0 Å². The molecule has 0 saturated carbocycles. The molecule has 4 heteroatoms. The zero-order valence-electron chi connectivity index (χ0n) is 18.6. The summed E-state index contributed by atoms with van der Waals surface area (Å²) in [6.45, 7) is 0. The summed E-state index contributed by atoms with van der Waals surface area (Å²) in [6.07, 6.45) is 1.19. The van der Waals surface area contributed by atoms with Crippen LogP contribution in [0.2, 0.25) is 0 Å². The molecule has 34 heavy (non-hydrogen) atoms. The van der Waals surface area contributed by atoms with E-state index in [1.807, 2.05) is 66.7 Å². The highest BCUT2D eigenvalue weighted by Gasteiger charge is 2.40. The Labute approximate surface area is 198 Å². The van der Waals surface area contributed by atoms with Crippen LogP contribution in [0.1, 0.15) is 27.8 Å². The highest BCUT2D eigenvalue weighted by Crippen LogP contribution is 2.47. The zero-order chi connectivity index (χ0) is 23.5. The van der Waals surface area contributed by atoms with Crippen molar-refractivity contribution in [1.82, 2.24) is 0 Å². The monoisotopic (exact) mass is 446 g/mol. The number of hydrogen-bond acceptors (Lipinski definition) is 4. The standard InChI is InChI=1S/C30H22O4/c1-33-28(31)20-26-25-19-24(17-18-27(25)34-29(26)32)30(21-11-5-2-6-12-21,22-13-7-3-8-14-22)23-15-9-4-10-16-23/h2-20H,1H3/b26-20+. The number of carbonyl (C=O) groups is 2. The summed E-state index contributed by atoms with van der Waals surface area (Å²) in [6, 6.07) is 36.5. The molecule has 0 radical (unpaired) electrons. The van der Waals surface area contributed by atoms with Gasteiger partial charge in [-0.3, -0.25) is 0 Å². The summed E-state index contributed by atoms with van der Waals surface area (Å²) in [5.41, 5.74) is 4.28. The predicted molar refractivity (Wildman–Crippen MR) is 130 cm³/mol. The van der Waals surface area contributed by atoms with Gasteiger partial charge in [-0.05, 0) is 34.4 Å². The van der Waals surface area contributed by atoms with Gasteiger partial charge >= 0.3 is 11.9 Å². The minimum absolute atomic E-state index is 0.187. The average Bonchev–Trinajstić information content (AvgIpc) is 3.20. The SMILES string of the molecule is COC(=O)/C=C1/C(=O)Oc2ccc(C(c3ccccc3)(c3ccccc3)c3ccccc3)cc21. The van der Waals surface area contributed by atoms with E-state index in [2.05, 4.69) is 36.4 Å². The first kappa shape index (κ1) is 21.4. The average molecular weight is 447 g/mol. The van der Waals surface area contributed by atoms with Gasteiger partial charge in [-0.25, -0.2) is 9.59 Å². The Morgan fingerprint density at radius 2 is 1.24 bits per heavy atom. The van der Waals surface area contributed by atoms with Gasteiger partial charge in [0.05, 0.1) is 18.1 Å². The van der Waals surface area contributed by atoms with Crippen LogP contribution in [0, 0.1) is 0 Å². The van der Waals surface area contributed by atoms with E-state index < -0.39 is 17.4 Å². The molecule has 5 rings (SSSR count). The van der Waals surface area contributed by atoms with Crippen LogP contribution >= 0.6 is 0 Å². The van der Waals surface area contributed by atoms with Crippen LogP contribution in [-0.4, -0.2) is 19.0 Å². The summed E-state index contributed by atoms with van der Waals surface area (Å²) in [4.78, 5) is 24.5. The Kier molecular flexibility index (Phi) is 5.56. The molecule has 0 saturated heterocycles. The smallest absolute Gasteiger partial charge is 0.344 e. The largest absolute Gasteiger partial charge is 0.466 e. The maximum Gasteiger partial charge on any atom is 0.344 e. The molecule has 4 nitrogen and oxygen atoms in total.